The van der Waals surface area contributed by atoms with Gasteiger partial charge in [0.2, 0.25) is 11.8 Å². The molecule has 4 heteroatoms. The van der Waals surface area contributed by atoms with Crippen LogP contribution in [0.1, 0.15) is 46.0 Å². The molecule has 0 bridgehead atoms. The van der Waals surface area contributed by atoms with Crippen molar-refractivity contribution in [3.63, 3.8) is 0 Å². The molecule has 2 N–H and O–H groups in total. The Morgan fingerprint density at radius 3 is 1.60 bits per heavy atom. The van der Waals surface area contributed by atoms with Crippen molar-refractivity contribution in [2.45, 2.75) is 46.0 Å². The molecule has 0 fully saturated rings. The van der Waals surface area contributed by atoms with Crippen molar-refractivity contribution >= 4 is 11.8 Å². The summed E-state index contributed by atoms with van der Waals surface area (Å²) in [6.45, 7) is 5.47. The molecule has 0 aliphatic carbocycles. The number of carbonyl (C=O) groups is 2. The number of amides is 2. The van der Waals surface area contributed by atoms with Gasteiger partial charge < -0.3 is 10.6 Å². The van der Waals surface area contributed by atoms with Crippen LogP contribution < -0.4 is 10.6 Å². The fourth-order valence-electron chi connectivity index (χ4n) is 1.12. The maximum atomic E-state index is 11.2. The molecule has 88 valence electrons. The van der Waals surface area contributed by atoms with Crippen LogP contribution in [0.5, 0.6) is 0 Å². The number of hydrogen-bond donors (Lipinski definition) is 2. The lowest BCUT2D eigenvalue weighted by molar-refractivity contribution is -0.122. The Labute approximate surface area is 91.8 Å². The Morgan fingerprint density at radius 2 is 1.27 bits per heavy atom. The van der Waals surface area contributed by atoms with Crippen molar-refractivity contribution in [3.8, 4) is 0 Å². The lowest BCUT2D eigenvalue weighted by Gasteiger charge is -2.04. The monoisotopic (exact) mass is 214 g/mol. The van der Waals surface area contributed by atoms with E-state index in [9.17, 15) is 9.59 Å². The minimum atomic E-state index is 0.0418. The van der Waals surface area contributed by atoms with Gasteiger partial charge in [0, 0.05) is 25.9 Å². The van der Waals surface area contributed by atoms with Crippen molar-refractivity contribution in [1.82, 2.24) is 10.6 Å². The lowest BCUT2D eigenvalue weighted by atomic mass is 10.2. The van der Waals surface area contributed by atoms with Crippen LogP contribution >= 0.6 is 0 Å². The van der Waals surface area contributed by atoms with Gasteiger partial charge in [-0.15, -0.1) is 0 Å². The molecular weight excluding hydrogens is 192 g/mol. The predicted molar refractivity (Wildman–Crippen MR) is 60.5 cm³/mol. The molecule has 0 saturated carbocycles. The fraction of sp³-hybridized carbons (Fsp3) is 0.818. The molecule has 4 nitrogen and oxygen atoms in total. The van der Waals surface area contributed by atoms with Crippen LogP contribution in [0.25, 0.3) is 0 Å². The summed E-state index contributed by atoms with van der Waals surface area (Å²) in [6, 6.07) is 0. The van der Waals surface area contributed by atoms with Gasteiger partial charge in [0.25, 0.3) is 0 Å². The van der Waals surface area contributed by atoms with E-state index in [-0.39, 0.29) is 11.8 Å². The first-order valence-corrected chi connectivity index (χ1v) is 5.74. The predicted octanol–water partition coefficient (Wildman–Crippen LogP) is 1.21. The maximum absolute atomic E-state index is 11.2. The highest BCUT2D eigenvalue weighted by Gasteiger charge is 2.03. The largest absolute Gasteiger partial charge is 0.356 e. The smallest absolute Gasteiger partial charge is 0.220 e. The van der Waals surface area contributed by atoms with Crippen LogP contribution in [0.3, 0.4) is 0 Å². The topological polar surface area (TPSA) is 58.2 Å². The van der Waals surface area contributed by atoms with E-state index >= 15 is 0 Å². The van der Waals surface area contributed by atoms with E-state index in [0.717, 1.165) is 25.9 Å². The highest BCUT2D eigenvalue weighted by atomic mass is 16.2. The molecule has 0 unspecified atom stereocenters. The van der Waals surface area contributed by atoms with Crippen molar-refractivity contribution in [2.75, 3.05) is 13.1 Å². The van der Waals surface area contributed by atoms with Crippen LogP contribution in [0, 0.1) is 0 Å². The average Bonchev–Trinajstić information content (AvgIpc) is 2.23. The van der Waals surface area contributed by atoms with Gasteiger partial charge in [-0.2, -0.15) is 0 Å². The SMILES string of the molecule is CCCNC(=O)CCCC(=O)NCCC. The highest BCUT2D eigenvalue weighted by Crippen LogP contribution is 1.95. The summed E-state index contributed by atoms with van der Waals surface area (Å²) in [5.41, 5.74) is 0. The quantitative estimate of drug-likeness (QED) is 0.638. The van der Waals surface area contributed by atoms with Crippen LogP contribution in [0.15, 0.2) is 0 Å². The lowest BCUT2D eigenvalue weighted by Crippen LogP contribution is -2.26. The van der Waals surface area contributed by atoms with Gasteiger partial charge in [-0.3, -0.25) is 9.59 Å². The third kappa shape index (κ3) is 9.25. The van der Waals surface area contributed by atoms with Gasteiger partial charge in [-0.05, 0) is 19.3 Å². The molecule has 0 aliphatic heterocycles. The zero-order valence-electron chi connectivity index (χ0n) is 9.77. The van der Waals surface area contributed by atoms with Crippen LogP contribution in [-0.2, 0) is 9.59 Å². The molecule has 2 amide bonds. The van der Waals surface area contributed by atoms with Crippen molar-refractivity contribution in [2.24, 2.45) is 0 Å². The molecule has 15 heavy (non-hydrogen) atoms. The second kappa shape index (κ2) is 9.49. The molecule has 0 radical (unpaired) electrons. The third-order valence-electron chi connectivity index (χ3n) is 1.95. The molecule has 0 saturated heterocycles. The van der Waals surface area contributed by atoms with Crippen molar-refractivity contribution in [3.05, 3.63) is 0 Å². The first-order valence-electron chi connectivity index (χ1n) is 5.74. The molecule has 0 aromatic heterocycles. The molecule has 0 aliphatic rings. The average molecular weight is 214 g/mol. The molecule has 0 spiro atoms. The van der Waals surface area contributed by atoms with Gasteiger partial charge in [0.1, 0.15) is 0 Å². The van der Waals surface area contributed by atoms with Crippen molar-refractivity contribution in [1.29, 1.82) is 0 Å². The number of hydrogen-bond acceptors (Lipinski definition) is 2. The van der Waals surface area contributed by atoms with E-state index in [1.54, 1.807) is 0 Å². The Balaban J connectivity index is 3.36. The summed E-state index contributed by atoms with van der Waals surface area (Å²) in [5.74, 6) is 0.0836. The third-order valence-corrected chi connectivity index (χ3v) is 1.95. The van der Waals surface area contributed by atoms with Gasteiger partial charge in [0.05, 0.1) is 0 Å². The van der Waals surface area contributed by atoms with Crippen LogP contribution in [-0.4, -0.2) is 24.9 Å². The molecule has 0 aromatic rings. The summed E-state index contributed by atoms with van der Waals surface area (Å²) in [5, 5.41) is 5.56. The van der Waals surface area contributed by atoms with Gasteiger partial charge >= 0.3 is 0 Å². The summed E-state index contributed by atoms with van der Waals surface area (Å²) in [4.78, 5) is 22.3. The zero-order valence-corrected chi connectivity index (χ0v) is 9.77. The normalized spacial score (nSPS) is 9.73. The Bertz CT molecular complexity index is 173. The van der Waals surface area contributed by atoms with E-state index in [4.69, 9.17) is 0 Å². The second-order valence-electron chi connectivity index (χ2n) is 3.55. The van der Waals surface area contributed by atoms with E-state index in [0.29, 0.717) is 19.3 Å². The zero-order chi connectivity index (χ0) is 11.5. The van der Waals surface area contributed by atoms with Crippen LogP contribution in [0.2, 0.25) is 0 Å². The van der Waals surface area contributed by atoms with Crippen molar-refractivity contribution < 1.29 is 9.59 Å². The molecule has 0 rings (SSSR count). The summed E-state index contributed by atoms with van der Waals surface area (Å²) in [7, 11) is 0. The minimum absolute atomic E-state index is 0.0418. The van der Waals surface area contributed by atoms with E-state index < -0.39 is 0 Å². The summed E-state index contributed by atoms with van der Waals surface area (Å²) < 4.78 is 0. The van der Waals surface area contributed by atoms with E-state index in [1.807, 2.05) is 13.8 Å². The summed E-state index contributed by atoms with van der Waals surface area (Å²) >= 11 is 0. The maximum Gasteiger partial charge on any atom is 0.220 e. The molecule has 0 aromatic carbocycles. The second-order valence-corrected chi connectivity index (χ2v) is 3.55. The highest BCUT2D eigenvalue weighted by molar-refractivity contribution is 5.78. The first-order chi connectivity index (χ1) is 7.20. The van der Waals surface area contributed by atoms with Gasteiger partial charge in [-0.1, -0.05) is 13.8 Å². The van der Waals surface area contributed by atoms with Gasteiger partial charge in [-0.25, -0.2) is 0 Å². The Kier molecular flexibility index (Phi) is 8.82. The number of rotatable bonds is 8. The first kappa shape index (κ1) is 13.9. The number of nitrogens with one attached hydrogen (secondary N) is 2. The molecule has 0 atom stereocenters. The Hall–Kier alpha value is -1.06. The molecule has 0 heterocycles. The van der Waals surface area contributed by atoms with E-state index in [1.165, 1.54) is 0 Å². The number of carbonyl (C=O) groups excluding carboxylic acids is 2. The van der Waals surface area contributed by atoms with E-state index in [2.05, 4.69) is 10.6 Å². The fourth-order valence-corrected chi connectivity index (χ4v) is 1.12. The van der Waals surface area contributed by atoms with Gasteiger partial charge in [0.15, 0.2) is 0 Å². The molecular formula is C11H22N2O2. The standard InChI is InChI=1S/C11H22N2O2/c1-3-8-12-10(14)6-5-7-11(15)13-9-4-2/h3-9H2,1-2H3,(H,12,14)(H,13,15). The summed E-state index contributed by atoms with van der Waals surface area (Å²) in [6.07, 6.45) is 3.41. The Morgan fingerprint density at radius 1 is 0.867 bits per heavy atom. The minimum Gasteiger partial charge on any atom is -0.356 e. The van der Waals surface area contributed by atoms with Crippen LogP contribution in [0.4, 0.5) is 0 Å².